The Labute approximate surface area is 194 Å². The van der Waals surface area contributed by atoms with E-state index in [1.165, 1.54) is 27.4 Å². The van der Waals surface area contributed by atoms with E-state index in [1.54, 1.807) is 66.7 Å². The highest BCUT2D eigenvalue weighted by molar-refractivity contribution is 9.10. The first-order valence-electron chi connectivity index (χ1n) is 9.55. The van der Waals surface area contributed by atoms with Crippen molar-refractivity contribution in [2.75, 3.05) is 21.3 Å². The molecule has 0 fully saturated rings. The second-order valence-electron chi connectivity index (χ2n) is 6.58. The fourth-order valence-corrected chi connectivity index (χ4v) is 3.17. The second kappa shape index (κ2) is 10.6. The Kier molecular flexibility index (Phi) is 7.68. The lowest BCUT2D eigenvalue weighted by molar-refractivity contribution is 0.0734. The number of carbonyl (C=O) groups excluding carboxylic acids is 2. The van der Waals surface area contributed by atoms with Crippen LogP contribution in [0.4, 0.5) is 0 Å². The molecule has 0 spiro atoms. The number of methoxy groups -OCH3 is 3. The van der Waals surface area contributed by atoms with Gasteiger partial charge in [-0.3, -0.25) is 4.79 Å². The normalized spacial score (nSPS) is 10.6. The molecule has 3 rings (SSSR count). The number of halogens is 1. The predicted molar refractivity (Wildman–Crippen MR) is 125 cm³/mol. The molecule has 0 unspecified atom stereocenters. The first-order valence-corrected chi connectivity index (χ1v) is 10.3. The zero-order chi connectivity index (χ0) is 23.1. The first-order chi connectivity index (χ1) is 15.4. The summed E-state index contributed by atoms with van der Waals surface area (Å²) in [4.78, 5) is 24.8. The number of rotatable bonds is 8. The number of benzene rings is 3. The minimum Gasteiger partial charge on any atom is -0.493 e. The third-order valence-corrected chi connectivity index (χ3v) is 5.07. The number of hydrogen-bond donors (Lipinski definition) is 0. The molecule has 0 radical (unpaired) electrons. The van der Waals surface area contributed by atoms with Crippen LogP contribution in [0.15, 0.2) is 71.2 Å². The van der Waals surface area contributed by atoms with E-state index in [1.807, 2.05) is 0 Å². The number of ether oxygens (including phenoxy) is 4. The quantitative estimate of drug-likeness (QED) is 0.175. The average molecular weight is 497 g/mol. The van der Waals surface area contributed by atoms with E-state index in [4.69, 9.17) is 18.9 Å². The molecule has 0 aromatic heterocycles. The third-order valence-electron chi connectivity index (χ3n) is 4.54. The van der Waals surface area contributed by atoms with Gasteiger partial charge in [-0.15, -0.1) is 0 Å². The summed E-state index contributed by atoms with van der Waals surface area (Å²) in [5, 5.41) is 0. The lowest BCUT2D eigenvalue weighted by atomic mass is 10.1. The Hall–Kier alpha value is -3.58. The summed E-state index contributed by atoms with van der Waals surface area (Å²) in [6.07, 6.45) is 3.11. The van der Waals surface area contributed by atoms with Gasteiger partial charge < -0.3 is 18.9 Å². The molecule has 0 saturated carbocycles. The van der Waals surface area contributed by atoms with Gasteiger partial charge in [0.15, 0.2) is 17.3 Å². The predicted octanol–water partition coefficient (Wildman–Crippen LogP) is 5.59. The van der Waals surface area contributed by atoms with Gasteiger partial charge in [0.05, 0.1) is 26.9 Å². The van der Waals surface area contributed by atoms with Gasteiger partial charge in [-0.25, -0.2) is 4.79 Å². The number of carbonyl (C=O) groups is 2. The van der Waals surface area contributed by atoms with Crippen molar-refractivity contribution in [2.45, 2.75) is 0 Å². The van der Waals surface area contributed by atoms with E-state index in [0.717, 1.165) is 4.47 Å². The minimum atomic E-state index is -0.473. The summed E-state index contributed by atoms with van der Waals surface area (Å²) in [6, 6.07) is 16.7. The first kappa shape index (κ1) is 23.1. The third kappa shape index (κ3) is 5.56. The van der Waals surface area contributed by atoms with E-state index >= 15 is 0 Å². The van der Waals surface area contributed by atoms with Crippen molar-refractivity contribution in [3.05, 3.63) is 87.9 Å². The topological polar surface area (TPSA) is 71.1 Å². The van der Waals surface area contributed by atoms with Crippen LogP contribution in [0.1, 0.15) is 26.3 Å². The van der Waals surface area contributed by atoms with Gasteiger partial charge in [0.1, 0.15) is 5.75 Å². The molecule has 6 nitrogen and oxygen atoms in total. The Bertz CT molecular complexity index is 1110. The van der Waals surface area contributed by atoms with Crippen LogP contribution in [0.2, 0.25) is 0 Å². The molecule has 0 amide bonds. The average Bonchev–Trinajstić information content (AvgIpc) is 2.82. The molecule has 32 heavy (non-hydrogen) atoms. The van der Waals surface area contributed by atoms with Crippen LogP contribution < -0.4 is 18.9 Å². The lowest BCUT2D eigenvalue weighted by Gasteiger charge is -2.12. The zero-order valence-electron chi connectivity index (χ0n) is 17.8. The van der Waals surface area contributed by atoms with Crippen LogP contribution >= 0.6 is 15.9 Å². The molecule has 3 aromatic rings. The summed E-state index contributed by atoms with van der Waals surface area (Å²) in [5.74, 6) is 1.14. The lowest BCUT2D eigenvalue weighted by Crippen LogP contribution is -2.08. The molecular formula is C25H21BrO6. The molecule has 0 saturated heterocycles. The SMILES string of the molecule is COc1cc(/C=C/C(=O)c2ccc(OC(=O)c3ccc(Br)cc3)cc2)cc(OC)c1OC. The highest BCUT2D eigenvalue weighted by Crippen LogP contribution is 2.38. The van der Waals surface area contributed by atoms with E-state index in [9.17, 15) is 9.59 Å². The molecule has 0 heterocycles. The highest BCUT2D eigenvalue weighted by atomic mass is 79.9. The monoisotopic (exact) mass is 496 g/mol. The summed E-state index contributed by atoms with van der Waals surface area (Å²) in [7, 11) is 4.58. The molecule has 7 heteroatoms. The zero-order valence-corrected chi connectivity index (χ0v) is 19.3. The van der Waals surface area contributed by atoms with E-state index in [-0.39, 0.29) is 5.78 Å². The van der Waals surface area contributed by atoms with Crippen molar-refractivity contribution in [1.29, 1.82) is 0 Å². The van der Waals surface area contributed by atoms with Crippen molar-refractivity contribution in [3.63, 3.8) is 0 Å². The van der Waals surface area contributed by atoms with Gasteiger partial charge in [0.2, 0.25) is 5.75 Å². The molecule has 0 N–H and O–H groups in total. The Morgan fingerprint density at radius 1 is 0.781 bits per heavy atom. The Morgan fingerprint density at radius 3 is 1.88 bits per heavy atom. The summed E-state index contributed by atoms with van der Waals surface area (Å²) in [5.41, 5.74) is 1.60. The van der Waals surface area contributed by atoms with Crippen LogP contribution in [0.25, 0.3) is 6.08 Å². The molecule has 0 aliphatic rings. The number of allylic oxidation sites excluding steroid dienone is 1. The van der Waals surface area contributed by atoms with Crippen LogP contribution in [0.3, 0.4) is 0 Å². The maximum Gasteiger partial charge on any atom is 0.343 e. The highest BCUT2D eigenvalue weighted by Gasteiger charge is 2.13. The summed E-state index contributed by atoms with van der Waals surface area (Å²) < 4.78 is 22.2. The van der Waals surface area contributed by atoms with Gasteiger partial charge >= 0.3 is 5.97 Å². The van der Waals surface area contributed by atoms with Crippen molar-refractivity contribution < 1.29 is 28.5 Å². The second-order valence-corrected chi connectivity index (χ2v) is 7.49. The minimum absolute atomic E-state index is 0.204. The fourth-order valence-electron chi connectivity index (χ4n) is 2.90. The molecule has 0 aliphatic carbocycles. The van der Waals surface area contributed by atoms with Crippen LogP contribution in [-0.2, 0) is 0 Å². The van der Waals surface area contributed by atoms with Gasteiger partial charge in [0, 0.05) is 10.0 Å². The van der Waals surface area contributed by atoms with E-state index in [2.05, 4.69) is 15.9 Å². The number of ketones is 1. The van der Waals surface area contributed by atoms with E-state index in [0.29, 0.717) is 39.7 Å². The van der Waals surface area contributed by atoms with Crippen molar-refractivity contribution in [2.24, 2.45) is 0 Å². The summed E-state index contributed by atoms with van der Waals surface area (Å²) in [6.45, 7) is 0. The van der Waals surface area contributed by atoms with Crippen LogP contribution in [-0.4, -0.2) is 33.1 Å². The molecule has 0 aliphatic heterocycles. The molecule has 0 atom stereocenters. The van der Waals surface area contributed by atoms with Crippen molar-refractivity contribution in [3.8, 4) is 23.0 Å². The van der Waals surface area contributed by atoms with Crippen molar-refractivity contribution in [1.82, 2.24) is 0 Å². The maximum absolute atomic E-state index is 12.6. The Balaban J connectivity index is 1.70. The van der Waals surface area contributed by atoms with Gasteiger partial charge in [-0.2, -0.15) is 0 Å². The van der Waals surface area contributed by atoms with E-state index < -0.39 is 5.97 Å². The van der Waals surface area contributed by atoms with Gasteiger partial charge in [0.25, 0.3) is 0 Å². The van der Waals surface area contributed by atoms with Crippen LogP contribution in [0, 0.1) is 0 Å². The number of esters is 1. The number of hydrogen-bond acceptors (Lipinski definition) is 6. The molecular weight excluding hydrogens is 476 g/mol. The van der Waals surface area contributed by atoms with Gasteiger partial charge in [-0.05, 0) is 72.3 Å². The molecule has 164 valence electrons. The van der Waals surface area contributed by atoms with Crippen LogP contribution in [0.5, 0.6) is 23.0 Å². The standard InChI is InChI=1S/C25H21BrO6/c1-29-22-14-16(15-23(30-2)24(22)31-3)4-13-21(27)17-7-11-20(12-8-17)32-25(28)18-5-9-19(26)10-6-18/h4-15H,1-3H3/b13-4+. The Morgan fingerprint density at radius 2 is 1.34 bits per heavy atom. The fraction of sp³-hybridized carbons (Fsp3) is 0.120. The summed E-state index contributed by atoms with van der Waals surface area (Å²) >= 11 is 3.32. The maximum atomic E-state index is 12.6. The van der Waals surface area contributed by atoms with Crippen molar-refractivity contribution >= 4 is 33.8 Å². The molecule has 3 aromatic carbocycles. The smallest absolute Gasteiger partial charge is 0.343 e. The van der Waals surface area contributed by atoms with Gasteiger partial charge in [-0.1, -0.05) is 22.0 Å². The largest absolute Gasteiger partial charge is 0.493 e. The molecule has 0 bridgehead atoms.